The van der Waals surface area contributed by atoms with Gasteiger partial charge < -0.3 is 15.3 Å². The molecule has 2 aromatic carbocycles. The summed E-state index contributed by atoms with van der Waals surface area (Å²) in [5.41, 5.74) is 2.23. The van der Waals surface area contributed by atoms with Gasteiger partial charge in [-0.15, -0.1) is 0 Å². The third-order valence-corrected chi connectivity index (χ3v) is 4.65. The lowest BCUT2D eigenvalue weighted by atomic mass is 9.90. The van der Waals surface area contributed by atoms with Crippen LogP contribution >= 0.6 is 0 Å². The number of rotatable bonds is 5. The molecule has 1 heterocycles. The van der Waals surface area contributed by atoms with Crippen molar-refractivity contribution in [1.82, 2.24) is 4.90 Å². The number of hydrogen-bond acceptors (Lipinski definition) is 3. The molecule has 0 atom stereocenters. The van der Waals surface area contributed by atoms with Gasteiger partial charge in [0.25, 0.3) is 0 Å². The first-order valence-corrected chi connectivity index (χ1v) is 8.55. The van der Waals surface area contributed by atoms with E-state index in [1.807, 2.05) is 11.0 Å². The molecule has 2 aromatic rings. The van der Waals surface area contributed by atoms with E-state index in [0.717, 1.165) is 38.0 Å². The Morgan fingerprint density at radius 2 is 1.71 bits per heavy atom. The van der Waals surface area contributed by atoms with E-state index in [0.29, 0.717) is 12.5 Å². The summed E-state index contributed by atoms with van der Waals surface area (Å²) in [4.78, 5) is 14.3. The number of phenolic OH excluding ortho intramolecular Hbond substituents is 1. The molecule has 2 N–H and O–H groups in total. The van der Waals surface area contributed by atoms with Gasteiger partial charge >= 0.3 is 0 Å². The molecule has 0 bridgehead atoms. The first-order valence-electron chi connectivity index (χ1n) is 8.55. The molecule has 1 aliphatic rings. The number of hydrogen-bond donors (Lipinski definition) is 2. The van der Waals surface area contributed by atoms with Crippen LogP contribution < -0.4 is 5.32 Å². The Hall–Kier alpha value is -2.49. The monoisotopic (exact) mass is 324 g/mol. The quantitative estimate of drug-likeness (QED) is 0.830. The van der Waals surface area contributed by atoms with Gasteiger partial charge in [0.1, 0.15) is 5.75 Å². The maximum Gasteiger partial charge on any atom is 0.241 e. The number of nitrogens with one attached hydrogen (secondary N) is 1. The minimum Gasteiger partial charge on any atom is -0.508 e. The molecule has 0 aromatic heterocycles. The molecule has 0 aliphatic carbocycles. The summed E-state index contributed by atoms with van der Waals surface area (Å²) in [5.74, 6) is 1.04. The molecule has 1 aliphatic heterocycles. The molecule has 1 fully saturated rings. The van der Waals surface area contributed by atoms with Crippen LogP contribution in [0.15, 0.2) is 54.6 Å². The maximum atomic E-state index is 12.3. The molecule has 126 valence electrons. The molecule has 0 spiro atoms. The summed E-state index contributed by atoms with van der Waals surface area (Å²) in [6, 6.07) is 17.4. The number of carbonyl (C=O) groups excluding carboxylic acids is 1. The smallest absolute Gasteiger partial charge is 0.241 e. The number of aromatic hydroxyl groups is 1. The van der Waals surface area contributed by atoms with Crippen molar-refractivity contribution in [3.8, 4) is 5.75 Å². The predicted octanol–water partition coefficient (Wildman–Crippen LogP) is 3.29. The number of phenols is 1. The van der Waals surface area contributed by atoms with E-state index in [9.17, 15) is 9.90 Å². The van der Waals surface area contributed by atoms with Crippen LogP contribution in [-0.4, -0.2) is 35.5 Å². The van der Waals surface area contributed by atoms with Crippen molar-refractivity contribution in [2.24, 2.45) is 5.92 Å². The van der Waals surface area contributed by atoms with Gasteiger partial charge in [0.15, 0.2) is 0 Å². The van der Waals surface area contributed by atoms with Gasteiger partial charge in [0.2, 0.25) is 5.91 Å². The van der Waals surface area contributed by atoms with Crippen molar-refractivity contribution in [3.63, 3.8) is 0 Å². The predicted molar refractivity (Wildman–Crippen MR) is 96.0 cm³/mol. The van der Waals surface area contributed by atoms with Crippen LogP contribution in [0.25, 0.3) is 0 Å². The zero-order valence-electron chi connectivity index (χ0n) is 13.8. The molecular formula is C20H24N2O2. The Kier molecular flexibility index (Phi) is 5.36. The van der Waals surface area contributed by atoms with Crippen molar-refractivity contribution >= 4 is 11.6 Å². The van der Waals surface area contributed by atoms with Gasteiger partial charge in [0, 0.05) is 18.8 Å². The lowest BCUT2D eigenvalue weighted by Gasteiger charge is -2.32. The van der Waals surface area contributed by atoms with Crippen LogP contribution in [0.1, 0.15) is 18.4 Å². The number of carbonyl (C=O) groups is 1. The summed E-state index contributed by atoms with van der Waals surface area (Å²) in [5, 5.41) is 12.4. The Balaban J connectivity index is 1.42. The largest absolute Gasteiger partial charge is 0.508 e. The van der Waals surface area contributed by atoms with Crippen molar-refractivity contribution < 1.29 is 9.90 Å². The average Bonchev–Trinajstić information content (AvgIpc) is 2.62. The molecule has 3 rings (SSSR count). The second-order valence-corrected chi connectivity index (χ2v) is 6.41. The van der Waals surface area contributed by atoms with Crippen LogP contribution in [-0.2, 0) is 11.2 Å². The van der Waals surface area contributed by atoms with Crippen LogP contribution in [0.3, 0.4) is 0 Å². The number of likely N-dealkylation sites (tertiary alicyclic amines) is 1. The van der Waals surface area contributed by atoms with Crippen molar-refractivity contribution in [3.05, 3.63) is 60.2 Å². The molecule has 1 amide bonds. The summed E-state index contributed by atoms with van der Waals surface area (Å²) in [7, 11) is 0. The first-order chi connectivity index (χ1) is 11.7. The van der Waals surface area contributed by atoms with E-state index in [2.05, 4.69) is 29.6 Å². The molecule has 0 saturated carbocycles. The number of benzene rings is 2. The third-order valence-electron chi connectivity index (χ3n) is 4.65. The summed E-state index contributed by atoms with van der Waals surface area (Å²) < 4.78 is 0. The Labute approximate surface area is 143 Å². The molecule has 4 heteroatoms. The van der Waals surface area contributed by atoms with Crippen LogP contribution in [0.4, 0.5) is 5.69 Å². The lowest BCUT2D eigenvalue weighted by molar-refractivity contribution is -0.130. The molecule has 1 saturated heterocycles. The number of amides is 1. The van der Waals surface area contributed by atoms with E-state index < -0.39 is 0 Å². The normalized spacial score (nSPS) is 15.2. The summed E-state index contributed by atoms with van der Waals surface area (Å²) in [6.07, 6.45) is 3.24. The fourth-order valence-electron chi connectivity index (χ4n) is 3.20. The van der Waals surface area contributed by atoms with Crippen LogP contribution in [0, 0.1) is 5.92 Å². The fourth-order valence-corrected chi connectivity index (χ4v) is 3.20. The molecule has 4 nitrogen and oxygen atoms in total. The van der Waals surface area contributed by atoms with Gasteiger partial charge in [-0.2, -0.15) is 0 Å². The highest BCUT2D eigenvalue weighted by Gasteiger charge is 2.22. The van der Waals surface area contributed by atoms with Crippen molar-refractivity contribution in [2.45, 2.75) is 19.3 Å². The third kappa shape index (κ3) is 4.51. The number of nitrogens with zero attached hydrogens (tertiary/aromatic N) is 1. The first kappa shape index (κ1) is 16.4. The van der Waals surface area contributed by atoms with E-state index >= 15 is 0 Å². The molecule has 0 unspecified atom stereocenters. The lowest BCUT2D eigenvalue weighted by Crippen LogP contribution is -2.41. The Morgan fingerprint density at radius 1 is 1.04 bits per heavy atom. The highest BCUT2D eigenvalue weighted by atomic mass is 16.3. The number of piperidine rings is 1. The average molecular weight is 324 g/mol. The van der Waals surface area contributed by atoms with E-state index in [-0.39, 0.29) is 11.7 Å². The van der Waals surface area contributed by atoms with Gasteiger partial charge in [-0.3, -0.25) is 4.79 Å². The van der Waals surface area contributed by atoms with Crippen molar-refractivity contribution in [2.75, 3.05) is 25.0 Å². The van der Waals surface area contributed by atoms with Gasteiger partial charge in [-0.05, 0) is 55.0 Å². The molecular weight excluding hydrogens is 300 g/mol. The Bertz CT molecular complexity index is 647. The van der Waals surface area contributed by atoms with E-state index in [1.54, 1.807) is 24.3 Å². The zero-order valence-corrected chi connectivity index (χ0v) is 13.8. The van der Waals surface area contributed by atoms with Crippen molar-refractivity contribution in [1.29, 1.82) is 0 Å². The molecule has 0 radical (unpaired) electrons. The van der Waals surface area contributed by atoms with E-state index in [4.69, 9.17) is 0 Å². The Morgan fingerprint density at radius 3 is 2.38 bits per heavy atom. The topological polar surface area (TPSA) is 52.6 Å². The summed E-state index contributed by atoms with van der Waals surface area (Å²) >= 11 is 0. The standard InChI is InChI=1S/C20H24N2O2/c23-19-8-6-18(7-9-19)21-15-20(24)22-12-10-17(11-13-22)14-16-4-2-1-3-5-16/h1-9,17,21,23H,10-15H2. The minimum atomic E-state index is 0.140. The molecule has 24 heavy (non-hydrogen) atoms. The highest BCUT2D eigenvalue weighted by Crippen LogP contribution is 2.22. The highest BCUT2D eigenvalue weighted by molar-refractivity contribution is 5.81. The zero-order chi connectivity index (χ0) is 16.8. The van der Waals surface area contributed by atoms with Gasteiger partial charge in [0.05, 0.1) is 6.54 Å². The van der Waals surface area contributed by atoms with Gasteiger partial charge in [-0.25, -0.2) is 0 Å². The second kappa shape index (κ2) is 7.86. The van der Waals surface area contributed by atoms with Crippen LogP contribution in [0.2, 0.25) is 0 Å². The fraction of sp³-hybridized carbons (Fsp3) is 0.350. The second-order valence-electron chi connectivity index (χ2n) is 6.41. The summed E-state index contributed by atoms with van der Waals surface area (Å²) in [6.45, 7) is 1.98. The SMILES string of the molecule is O=C(CNc1ccc(O)cc1)N1CCC(Cc2ccccc2)CC1. The van der Waals surface area contributed by atoms with E-state index in [1.165, 1.54) is 5.56 Å². The van der Waals surface area contributed by atoms with Crippen LogP contribution in [0.5, 0.6) is 5.75 Å². The number of anilines is 1. The maximum absolute atomic E-state index is 12.3. The minimum absolute atomic E-state index is 0.140. The van der Waals surface area contributed by atoms with Gasteiger partial charge in [-0.1, -0.05) is 30.3 Å².